The second-order valence-corrected chi connectivity index (χ2v) is 9.18. The summed E-state index contributed by atoms with van der Waals surface area (Å²) in [5, 5.41) is 7.83. The maximum atomic E-state index is 13.4. The summed E-state index contributed by atoms with van der Waals surface area (Å²) < 4.78 is 7.06. The van der Waals surface area contributed by atoms with Gasteiger partial charge in [0.15, 0.2) is 11.3 Å². The number of amides is 3. The highest BCUT2D eigenvalue weighted by molar-refractivity contribution is 6.13. The molecule has 4 rings (SSSR count). The molecule has 3 N–H and O–H groups in total. The van der Waals surface area contributed by atoms with E-state index in [1.807, 2.05) is 0 Å². The fourth-order valence-electron chi connectivity index (χ4n) is 4.29. The summed E-state index contributed by atoms with van der Waals surface area (Å²) in [6.07, 6.45) is 3.65. The average molecular weight is 507 g/mol. The Labute approximate surface area is 214 Å². The van der Waals surface area contributed by atoms with Gasteiger partial charge in [0.05, 0.1) is 11.4 Å². The molecule has 194 valence electrons. The minimum absolute atomic E-state index is 0.0837. The topological polar surface area (TPSA) is 149 Å². The van der Waals surface area contributed by atoms with Crippen LogP contribution in [-0.4, -0.2) is 74.6 Å². The Morgan fingerprint density at radius 2 is 1.97 bits per heavy atom. The zero-order chi connectivity index (χ0) is 26.9. The smallest absolute Gasteiger partial charge is 0.410 e. The van der Waals surface area contributed by atoms with E-state index in [-0.39, 0.29) is 23.5 Å². The van der Waals surface area contributed by atoms with Crippen molar-refractivity contribution >= 4 is 40.4 Å². The molecule has 0 radical (unpaired) electrons. The molecule has 0 saturated carbocycles. The van der Waals surface area contributed by atoms with Gasteiger partial charge < -0.3 is 25.6 Å². The summed E-state index contributed by atoms with van der Waals surface area (Å²) >= 11 is 0. The first-order valence-electron chi connectivity index (χ1n) is 11.8. The summed E-state index contributed by atoms with van der Waals surface area (Å²) in [5.74, 6) is -0.105. The van der Waals surface area contributed by atoms with Crippen LogP contribution in [0.4, 0.5) is 16.3 Å². The predicted molar refractivity (Wildman–Crippen MR) is 138 cm³/mol. The Morgan fingerprint density at radius 1 is 1.22 bits per heavy atom. The van der Waals surface area contributed by atoms with E-state index in [9.17, 15) is 14.4 Å². The molecule has 0 bridgehead atoms. The lowest BCUT2D eigenvalue weighted by molar-refractivity contribution is -0.127. The number of likely N-dealkylation sites (tertiary alicyclic amines) is 1. The Balaban J connectivity index is 1.66. The summed E-state index contributed by atoms with van der Waals surface area (Å²) in [6, 6.07) is 3.23. The van der Waals surface area contributed by atoms with E-state index >= 15 is 0 Å². The van der Waals surface area contributed by atoms with Gasteiger partial charge in [0.25, 0.3) is 5.91 Å². The first kappa shape index (κ1) is 25.6. The van der Waals surface area contributed by atoms with Gasteiger partial charge in [0.2, 0.25) is 5.91 Å². The number of nitrogens with two attached hydrogens (primary N) is 1. The van der Waals surface area contributed by atoms with E-state index < -0.39 is 12.0 Å². The number of ether oxygens (including phenoxy) is 1. The number of anilines is 2. The molecule has 1 atom stereocenters. The SMILES string of the molecule is C=CC(=O)N1CCCC(n2nc(C(=O)Nc3cc(C)c(OC(=O)N(C)C)cc3C)c3c(N)ncnc32)C1. The molecule has 3 aromatic rings. The standard InChI is InChI=1S/C25H30N8O4/c1-6-19(34)32-9-7-8-16(12-32)33-23-20(22(26)27-13-28-23)21(30-33)24(35)29-17-10-15(3)18(11-14(17)2)37-25(36)31(4)5/h6,10-11,13,16H,1,7-9,12H2,2-5H3,(H,29,35)(H2,26,27,28). The Kier molecular flexibility index (Phi) is 7.09. The molecule has 2 aromatic heterocycles. The van der Waals surface area contributed by atoms with Crippen LogP contribution < -0.4 is 15.8 Å². The second kappa shape index (κ2) is 10.2. The van der Waals surface area contributed by atoms with Crippen molar-refractivity contribution in [3.05, 3.63) is 47.9 Å². The molecule has 1 aliphatic heterocycles. The third-order valence-corrected chi connectivity index (χ3v) is 6.29. The highest BCUT2D eigenvalue weighted by Gasteiger charge is 2.29. The highest BCUT2D eigenvalue weighted by atomic mass is 16.6. The molecule has 1 aliphatic rings. The molecule has 37 heavy (non-hydrogen) atoms. The monoisotopic (exact) mass is 506 g/mol. The van der Waals surface area contributed by atoms with Gasteiger partial charge in [-0.15, -0.1) is 0 Å². The Hall–Kier alpha value is -4.48. The van der Waals surface area contributed by atoms with Gasteiger partial charge >= 0.3 is 6.09 Å². The van der Waals surface area contributed by atoms with E-state index in [0.29, 0.717) is 46.7 Å². The molecule has 0 spiro atoms. The number of hydrogen-bond acceptors (Lipinski definition) is 8. The predicted octanol–water partition coefficient (Wildman–Crippen LogP) is 2.69. The number of fused-ring (bicyclic) bond motifs is 1. The molecule has 1 saturated heterocycles. The van der Waals surface area contributed by atoms with Crippen LogP contribution in [0.25, 0.3) is 11.0 Å². The van der Waals surface area contributed by atoms with Gasteiger partial charge in [-0.05, 0) is 56.0 Å². The van der Waals surface area contributed by atoms with Gasteiger partial charge in [-0.1, -0.05) is 6.58 Å². The van der Waals surface area contributed by atoms with Crippen LogP contribution >= 0.6 is 0 Å². The number of aryl methyl sites for hydroxylation is 2. The van der Waals surface area contributed by atoms with Crippen molar-refractivity contribution in [3.8, 4) is 5.75 Å². The maximum absolute atomic E-state index is 13.4. The summed E-state index contributed by atoms with van der Waals surface area (Å²) in [5.41, 5.74) is 8.56. The number of carbonyl (C=O) groups is 3. The van der Waals surface area contributed by atoms with Crippen molar-refractivity contribution in [2.45, 2.75) is 32.7 Å². The van der Waals surface area contributed by atoms with Crippen molar-refractivity contribution in [2.75, 3.05) is 38.2 Å². The number of nitrogen functional groups attached to an aromatic ring is 1. The zero-order valence-corrected chi connectivity index (χ0v) is 21.3. The normalized spacial score (nSPS) is 15.4. The molecule has 12 nitrogen and oxygen atoms in total. The number of aromatic nitrogens is 4. The van der Waals surface area contributed by atoms with Crippen LogP contribution in [0.3, 0.4) is 0 Å². The van der Waals surface area contributed by atoms with Crippen molar-refractivity contribution in [3.63, 3.8) is 0 Å². The summed E-state index contributed by atoms with van der Waals surface area (Å²) in [7, 11) is 3.19. The van der Waals surface area contributed by atoms with Crippen LogP contribution in [-0.2, 0) is 4.79 Å². The zero-order valence-electron chi connectivity index (χ0n) is 21.3. The molecule has 1 unspecified atom stereocenters. The minimum Gasteiger partial charge on any atom is -0.410 e. The minimum atomic E-state index is -0.497. The number of nitrogens with one attached hydrogen (secondary N) is 1. The molecule has 3 heterocycles. The fourth-order valence-corrected chi connectivity index (χ4v) is 4.29. The molecule has 1 fully saturated rings. The number of rotatable bonds is 5. The summed E-state index contributed by atoms with van der Waals surface area (Å²) in [6.45, 7) is 8.19. The second-order valence-electron chi connectivity index (χ2n) is 9.18. The van der Waals surface area contributed by atoms with Crippen LogP contribution in [0.15, 0.2) is 31.1 Å². The van der Waals surface area contributed by atoms with E-state index in [1.165, 1.54) is 17.3 Å². The highest BCUT2D eigenvalue weighted by Crippen LogP contribution is 2.31. The maximum Gasteiger partial charge on any atom is 0.414 e. The lowest BCUT2D eigenvalue weighted by atomic mass is 10.1. The quantitative estimate of drug-likeness (QED) is 0.502. The van der Waals surface area contributed by atoms with Crippen LogP contribution in [0.5, 0.6) is 5.75 Å². The van der Waals surface area contributed by atoms with Crippen LogP contribution in [0.1, 0.15) is 40.5 Å². The molecule has 1 aromatic carbocycles. The van der Waals surface area contributed by atoms with E-state index in [2.05, 4.69) is 27.0 Å². The largest absolute Gasteiger partial charge is 0.414 e. The van der Waals surface area contributed by atoms with Crippen molar-refractivity contribution in [1.82, 2.24) is 29.5 Å². The fraction of sp³-hybridized carbons (Fsp3) is 0.360. The molecule has 12 heteroatoms. The van der Waals surface area contributed by atoms with Crippen molar-refractivity contribution in [1.29, 1.82) is 0 Å². The number of benzene rings is 1. The van der Waals surface area contributed by atoms with Gasteiger partial charge in [-0.2, -0.15) is 5.10 Å². The number of carbonyl (C=O) groups excluding carboxylic acids is 3. The van der Waals surface area contributed by atoms with E-state index in [0.717, 1.165) is 12.8 Å². The van der Waals surface area contributed by atoms with Gasteiger partial charge in [-0.3, -0.25) is 9.59 Å². The summed E-state index contributed by atoms with van der Waals surface area (Å²) in [4.78, 5) is 49.0. The number of hydrogen-bond donors (Lipinski definition) is 2. The third-order valence-electron chi connectivity index (χ3n) is 6.29. The average Bonchev–Trinajstić information content (AvgIpc) is 3.27. The first-order chi connectivity index (χ1) is 17.6. The van der Waals surface area contributed by atoms with Crippen molar-refractivity contribution in [2.24, 2.45) is 0 Å². The van der Waals surface area contributed by atoms with Gasteiger partial charge in [0.1, 0.15) is 17.9 Å². The molecule has 3 amide bonds. The lowest BCUT2D eigenvalue weighted by Gasteiger charge is -2.32. The van der Waals surface area contributed by atoms with Crippen LogP contribution in [0.2, 0.25) is 0 Å². The molecule has 0 aliphatic carbocycles. The molecular weight excluding hydrogens is 476 g/mol. The van der Waals surface area contributed by atoms with E-state index in [4.69, 9.17) is 10.5 Å². The first-order valence-corrected chi connectivity index (χ1v) is 11.8. The number of nitrogens with zero attached hydrogens (tertiary/aromatic N) is 6. The van der Waals surface area contributed by atoms with Gasteiger partial charge in [-0.25, -0.2) is 19.4 Å². The lowest BCUT2D eigenvalue weighted by Crippen LogP contribution is -2.40. The van der Waals surface area contributed by atoms with Gasteiger partial charge in [0, 0.05) is 32.9 Å². The Bertz CT molecular complexity index is 1400. The molecular formula is C25H30N8O4. The van der Waals surface area contributed by atoms with Crippen molar-refractivity contribution < 1.29 is 19.1 Å². The number of piperidine rings is 1. The van der Waals surface area contributed by atoms with E-state index in [1.54, 1.807) is 49.7 Å². The van der Waals surface area contributed by atoms with Crippen LogP contribution in [0, 0.1) is 13.8 Å². The Morgan fingerprint density at radius 3 is 2.68 bits per heavy atom. The third kappa shape index (κ3) is 5.08.